The largest absolute Gasteiger partial charge is 0.497 e. The van der Waals surface area contributed by atoms with E-state index < -0.39 is 17.5 Å². The molecule has 2 aromatic carbocycles. The number of urea groups is 1. The van der Waals surface area contributed by atoms with Gasteiger partial charge in [0.25, 0.3) is 11.8 Å². The van der Waals surface area contributed by atoms with Gasteiger partial charge in [-0.1, -0.05) is 30.3 Å². The number of benzene rings is 2. The molecule has 3 fully saturated rings. The van der Waals surface area contributed by atoms with Crippen molar-refractivity contribution in [1.82, 2.24) is 20.4 Å². The summed E-state index contributed by atoms with van der Waals surface area (Å²) >= 11 is 0. The lowest BCUT2D eigenvalue weighted by Crippen LogP contribution is -2.52. The molecule has 0 bridgehead atoms. The van der Waals surface area contributed by atoms with E-state index in [2.05, 4.69) is 15.5 Å². The first-order chi connectivity index (χ1) is 15.8. The Morgan fingerprint density at radius 3 is 2.33 bits per heavy atom. The number of epoxide rings is 1. The van der Waals surface area contributed by atoms with Gasteiger partial charge in [0.05, 0.1) is 13.7 Å². The lowest BCUT2D eigenvalue weighted by Gasteiger charge is -2.33. The van der Waals surface area contributed by atoms with Gasteiger partial charge in [-0.05, 0) is 42.9 Å². The summed E-state index contributed by atoms with van der Waals surface area (Å²) < 4.78 is 10.8. The summed E-state index contributed by atoms with van der Waals surface area (Å²) in [5.74, 6) is -0.0739. The number of methoxy groups -OCH3 is 1. The van der Waals surface area contributed by atoms with Gasteiger partial charge in [-0.15, -0.1) is 0 Å². The van der Waals surface area contributed by atoms with E-state index >= 15 is 0 Å². The molecule has 0 spiro atoms. The van der Waals surface area contributed by atoms with Crippen LogP contribution in [0.4, 0.5) is 4.79 Å². The van der Waals surface area contributed by atoms with Gasteiger partial charge in [0.15, 0.2) is 5.54 Å². The van der Waals surface area contributed by atoms with Gasteiger partial charge < -0.3 is 19.7 Å². The molecule has 4 amide bonds. The van der Waals surface area contributed by atoms with Gasteiger partial charge in [0.2, 0.25) is 0 Å². The van der Waals surface area contributed by atoms with E-state index in [4.69, 9.17) is 9.47 Å². The van der Waals surface area contributed by atoms with Crippen molar-refractivity contribution in [1.29, 1.82) is 0 Å². The Morgan fingerprint density at radius 2 is 1.79 bits per heavy atom. The van der Waals surface area contributed by atoms with Gasteiger partial charge in [-0.2, -0.15) is 0 Å². The number of imide groups is 1. The normalized spacial score (nSPS) is 31.3. The van der Waals surface area contributed by atoms with E-state index in [0.717, 1.165) is 11.1 Å². The van der Waals surface area contributed by atoms with E-state index in [0.29, 0.717) is 23.4 Å². The molecule has 9 heteroatoms. The standard InChI is InChI=1S/C24H24N4O5/c1-27(2)24(18-19(24)33-18)15-7-5-14(6-8-15)23(21(30)25-22(31)26-23)12-28-11-13-4-9-16(32-3)10-17(13)20(28)29/h4-10,18-19H,11-12H2,1-3H3,(H2,25,26,30,31). The summed E-state index contributed by atoms with van der Waals surface area (Å²) in [6.45, 7) is 0.374. The number of fused-ring (bicyclic) bond motifs is 2. The van der Waals surface area contributed by atoms with Crippen LogP contribution >= 0.6 is 0 Å². The molecule has 9 nitrogen and oxygen atoms in total. The molecular weight excluding hydrogens is 424 g/mol. The van der Waals surface area contributed by atoms with E-state index in [1.165, 1.54) is 0 Å². The van der Waals surface area contributed by atoms with E-state index in [1.807, 2.05) is 44.4 Å². The monoisotopic (exact) mass is 448 g/mol. The fourth-order valence-corrected chi connectivity index (χ4v) is 5.46. The average molecular weight is 448 g/mol. The van der Waals surface area contributed by atoms with Crippen LogP contribution in [0.25, 0.3) is 0 Å². The van der Waals surface area contributed by atoms with Crippen molar-refractivity contribution in [3.63, 3.8) is 0 Å². The number of carbonyl (C=O) groups is 3. The van der Waals surface area contributed by atoms with Gasteiger partial charge in [-0.25, -0.2) is 4.79 Å². The van der Waals surface area contributed by atoms with Crippen LogP contribution in [0, 0.1) is 0 Å². The number of carbonyl (C=O) groups excluding carboxylic acids is 3. The third-order valence-corrected chi connectivity index (χ3v) is 7.40. The van der Waals surface area contributed by atoms with Crippen molar-refractivity contribution in [2.24, 2.45) is 0 Å². The number of hydrogen-bond donors (Lipinski definition) is 2. The smallest absolute Gasteiger partial charge is 0.322 e. The molecule has 2 aromatic rings. The molecule has 170 valence electrons. The maximum absolute atomic E-state index is 13.1. The van der Waals surface area contributed by atoms with Gasteiger partial charge in [-0.3, -0.25) is 19.8 Å². The number of nitrogens with one attached hydrogen (secondary N) is 2. The van der Waals surface area contributed by atoms with Crippen LogP contribution in [0.2, 0.25) is 0 Å². The molecule has 3 atom stereocenters. The quantitative estimate of drug-likeness (QED) is 0.503. The molecule has 0 radical (unpaired) electrons. The first kappa shape index (κ1) is 20.2. The minimum atomic E-state index is -1.37. The van der Waals surface area contributed by atoms with Crippen molar-refractivity contribution in [3.05, 3.63) is 64.7 Å². The Hall–Kier alpha value is -3.43. The molecular formula is C24H24N4O5. The minimum Gasteiger partial charge on any atom is -0.497 e. The second-order valence-electron chi connectivity index (χ2n) is 9.27. The summed E-state index contributed by atoms with van der Waals surface area (Å²) in [6.07, 6.45) is 0.416. The fourth-order valence-electron chi connectivity index (χ4n) is 5.46. The van der Waals surface area contributed by atoms with Crippen LogP contribution < -0.4 is 15.4 Å². The molecule has 1 aliphatic carbocycles. The first-order valence-electron chi connectivity index (χ1n) is 10.8. The van der Waals surface area contributed by atoms with Crippen LogP contribution in [-0.2, 0) is 27.2 Å². The van der Waals surface area contributed by atoms with Gasteiger partial charge in [0.1, 0.15) is 23.5 Å². The highest BCUT2D eigenvalue weighted by Gasteiger charge is 2.82. The average Bonchev–Trinajstić information content (AvgIpc) is 3.66. The Bertz CT molecular complexity index is 1200. The van der Waals surface area contributed by atoms with Gasteiger partial charge in [0, 0.05) is 12.1 Å². The molecule has 6 rings (SSSR count). The molecule has 2 N–H and O–H groups in total. The molecule has 2 saturated heterocycles. The lowest BCUT2D eigenvalue weighted by molar-refractivity contribution is -0.124. The summed E-state index contributed by atoms with van der Waals surface area (Å²) in [7, 11) is 5.61. The van der Waals surface area contributed by atoms with Crippen LogP contribution in [0.3, 0.4) is 0 Å². The summed E-state index contributed by atoms with van der Waals surface area (Å²) in [5, 5.41) is 5.14. The van der Waals surface area contributed by atoms with Crippen molar-refractivity contribution >= 4 is 17.8 Å². The maximum atomic E-state index is 13.1. The number of ether oxygens (including phenoxy) is 2. The van der Waals surface area contributed by atoms with Crippen molar-refractivity contribution in [2.45, 2.75) is 29.8 Å². The van der Waals surface area contributed by atoms with Crippen LogP contribution in [0.5, 0.6) is 5.75 Å². The molecule has 4 aliphatic rings. The molecule has 3 unspecified atom stereocenters. The molecule has 0 aromatic heterocycles. The SMILES string of the molecule is COc1ccc2c(c1)C(=O)N(CC1(c3ccc(C4(N(C)C)C5OC54)cc3)NC(=O)NC1=O)C2. The van der Waals surface area contributed by atoms with Crippen LogP contribution in [0.1, 0.15) is 27.0 Å². The first-order valence-corrected chi connectivity index (χ1v) is 10.8. The Kier molecular flexibility index (Phi) is 4.01. The highest BCUT2D eigenvalue weighted by atomic mass is 16.6. The predicted octanol–water partition coefficient (Wildman–Crippen LogP) is 0.924. The second-order valence-corrected chi connectivity index (χ2v) is 9.27. The summed E-state index contributed by atoms with van der Waals surface area (Å²) in [4.78, 5) is 42.1. The highest BCUT2D eigenvalue weighted by Crippen LogP contribution is 2.66. The topological polar surface area (TPSA) is 104 Å². The minimum absolute atomic E-state index is 0.0208. The van der Waals surface area contributed by atoms with Crippen molar-refractivity contribution in [2.75, 3.05) is 27.7 Å². The zero-order valence-corrected chi connectivity index (χ0v) is 18.5. The highest BCUT2D eigenvalue weighted by molar-refractivity contribution is 6.08. The maximum Gasteiger partial charge on any atom is 0.322 e. The third-order valence-electron chi connectivity index (χ3n) is 7.40. The number of amides is 4. The van der Waals surface area contributed by atoms with Crippen LogP contribution in [-0.4, -0.2) is 67.6 Å². The Balaban J connectivity index is 1.32. The fraction of sp³-hybridized carbons (Fsp3) is 0.375. The predicted molar refractivity (Wildman–Crippen MR) is 117 cm³/mol. The number of nitrogens with zero attached hydrogens (tertiary/aromatic N) is 2. The van der Waals surface area contributed by atoms with Gasteiger partial charge >= 0.3 is 6.03 Å². The molecule has 1 saturated carbocycles. The number of rotatable bonds is 6. The van der Waals surface area contributed by atoms with E-state index in [-0.39, 0.29) is 30.2 Å². The zero-order chi connectivity index (χ0) is 23.1. The molecule has 3 aliphatic heterocycles. The summed E-state index contributed by atoms with van der Waals surface area (Å²) in [5.41, 5.74) is 1.64. The van der Waals surface area contributed by atoms with Crippen molar-refractivity contribution < 1.29 is 23.9 Å². The van der Waals surface area contributed by atoms with Crippen LogP contribution in [0.15, 0.2) is 42.5 Å². The van der Waals surface area contributed by atoms with E-state index in [9.17, 15) is 14.4 Å². The summed E-state index contributed by atoms with van der Waals surface area (Å²) in [6, 6.07) is 12.5. The zero-order valence-electron chi connectivity index (χ0n) is 18.5. The number of likely N-dealkylation sites (N-methyl/N-ethyl adjacent to an activating group) is 1. The molecule has 33 heavy (non-hydrogen) atoms. The third kappa shape index (κ3) is 2.63. The van der Waals surface area contributed by atoms with E-state index in [1.54, 1.807) is 24.1 Å². The number of hydrogen-bond acceptors (Lipinski definition) is 6. The Morgan fingerprint density at radius 1 is 1.09 bits per heavy atom. The second kappa shape index (κ2) is 6.55. The Labute approximate surface area is 190 Å². The van der Waals surface area contributed by atoms with Crippen molar-refractivity contribution in [3.8, 4) is 5.75 Å². The molecule has 3 heterocycles. The lowest BCUT2D eigenvalue weighted by atomic mass is 9.87.